The number of nitrogens with zero attached hydrogens (tertiary/aromatic N) is 3. The zero-order chi connectivity index (χ0) is 25.6. The number of halogens is 4. The Bertz CT molecular complexity index is 1070. The molecule has 2 N–H and O–H groups in total. The van der Waals surface area contributed by atoms with Crippen molar-refractivity contribution in [3.05, 3.63) is 76.5 Å². The highest BCUT2D eigenvalue weighted by molar-refractivity contribution is 6.33. The molecule has 2 aromatic rings. The van der Waals surface area contributed by atoms with Gasteiger partial charge in [0.15, 0.2) is 0 Å². The van der Waals surface area contributed by atoms with Crippen LogP contribution in [0.4, 0.5) is 18.9 Å². The number of alkyl halides is 3. The molecule has 1 saturated heterocycles. The van der Waals surface area contributed by atoms with Gasteiger partial charge in [0.25, 0.3) is 5.91 Å². The molecule has 5 nitrogen and oxygen atoms in total. The summed E-state index contributed by atoms with van der Waals surface area (Å²) in [5.74, 6) is -0.103. The third kappa shape index (κ3) is 7.08. The van der Waals surface area contributed by atoms with Gasteiger partial charge < -0.3 is 10.6 Å². The van der Waals surface area contributed by atoms with Crippen molar-refractivity contribution < 1.29 is 18.0 Å². The van der Waals surface area contributed by atoms with Gasteiger partial charge in [-0.1, -0.05) is 49.2 Å². The van der Waals surface area contributed by atoms with E-state index in [9.17, 15) is 18.0 Å². The maximum atomic E-state index is 13.1. The summed E-state index contributed by atoms with van der Waals surface area (Å²) in [6.07, 6.45) is -1.68. The first-order chi connectivity index (χ1) is 16.6. The molecule has 1 fully saturated rings. The predicted octanol–water partition coefficient (Wildman–Crippen LogP) is 5.81. The summed E-state index contributed by atoms with van der Waals surface area (Å²) in [6, 6.07) is 13.4. The first kappa shape index (κ1) is 26.8. The quantitative estimate of drug-likeness (QED) is 0.482. The maximum Gasteiger partial charge on any atom is 0.430 e. The maximum absolute atomic E-state index is 13.1. The Morgan fingerprint density at radius 1 is 1.09 bits per heavy atom. The summed E-state index contributed by atoms with van der Waals surface area (Å²) in [7, 11) is 0. The van der Waals surface area contributed by atoms with E-state index in [0.29, 0.717) is 41.0 Å². The lowest BCUT2D eigenvalue weighted by atomic mass is 10.0. The fourth-order valence-electron chi connectivity index (χ4n) is 4.01. The van der Waals surface area contributed by atoms with Crippen molar-refractivity contribution in [1.82, 2.24) is 9.80 Å². The number of para-hydroxylation sites is 1. The second-order valence-electron chi connectivity index (χ2n) is 8.59. The molecule has 0 saturated carbocycles. The largest absolute Gasteiger partial charge is 0.430 e. The fourth-order valence-corrected chi connectivity index (χ4v) is 4.19. The van der Waals surface area contributed by atoms with Crippen LogP contribution in [-0.4, -0.2) is 59.8 Å². The van der Waals surface area contributed by atoms with E-state index in [-0.39, 0.29) is 11.6 Å². The first-order valence-corrected chi connectivity index (χ1v) is 12.0. The Hall–Kier alpha value is -2.84. The summed E-state index contributed by atoms with van der Waals surface area (Å²) >= 11 is 6.15. The van der Waals surface area contributed by atoms with Crippen LogP contribution in [0.15, 0.2) is 65.3 Å². The van der Waals surface area contributed by atoms with Gasteiger partial charge in [-0.25, -0.2) is 4.99 Å². The summed E-state index contributed by atoms with van der Waals surface area (Å²) in [6.45, 7) is 7.29. The molecule has 1 unspecified atom stereocenters. The van der Waals surface area contributed by atoms with Crippen molar-refractivity contribution in [2.45, 2.75) is 38.9 Å². The van der Waals surface area contributed by atoms with Gasteiger partial charge in [0.05, 0.1) is 16.4 Å². The number of carbonyl (C=O) groups is 1. The van der Waals surface area contributed by atoms with Crippen molar-refractivity contribution >= 4 is 28.9 Å². The second kappa shape index (κ2) is 11.7. The van der Waals surface area contributed by atoms with Gasteiger partial charge in [0, 0.05) is 43.3 Å². The van der Waals surface area contributed by atoms with Crippen LogP contribution in [-0.2, 0) is 0 Å². The minimum absolute atomic E-state index is 0.00884. The molecule has 188 valence electrons. The molecule has 2 aromatic carbocycles. The highest BCUT2D eigenvalue weighted by Crippen LogP contribution is 2.27. The van der Waals surface area contributed by atoms with Crippen LogP contribution in [0, 0.1) is 0 Å². The first-order valence-electron chi connectivity index (χ1n) is 11.6. The van der Waals surface area contributed by atoms with Crippen LogP contribution in [0.25, 0.3) is 0 Å². The molecule has 0 radical (unpaired) electrons. The summed E-state index contributed by atoms with van der Waals surface area (Å²) in [5, 5.41) is 0.295. The smallest absolute Gasteiger partial charge is 0.395 e. The van der Waals surface area contributed by atoms with Crippen molar-refractivity contribution in [2.24, 2.45) is 10.7 Å². The fraction of sp³-hybridized carbons (Fsp3) is 0.385. The molecule has 3 rings (SSSR count). The van der Waals surface area contributed by atoms with Crippen LogP contribution in [0.3, 0.4) is 0 Å². The number of carbonyl (C=O) groups excluding carboxylic acids is 1. The van der Waals surface area contributed by atoms with Crippen LogP contribution in [0.2, 0.25) is 5.02 Å². The Labute approximate surface area is 209 Å². The van der Waals surface area contributed by atoms with E-state index in [0.717, 1.165) is 32.0 Å². The lowest BCUT2D eigenvalue weighted by Gasteiger charge is -2.38. The Morgan fingerprint density at radius 3 is 2.26 bits per heavy atom. The molecular weight excluding hydrogens is 477 g/mol. The van der Waals surface area contributed by atoms with E-state index in [1.54, 1.807) is 48.5 Å². The average Bonchev–Trinajstić information content (AvgIpc) is 2.84. The highest BCUT2D eigenvalue weighted by atomic mass is 35.5. The van der Waals surface area contributed by atoms with Crippen molar-refractivity contribution in [2.75, 3.05) is 26.2 Å². The van der Waals surface area contributed by atoms with E-state index < -0.39 is 11.9 Å². The zero-order valence-corrected chi connectivity index (χ0v) is 20.6. The van der Waals surface area contributed by atoms with E-state index in [2.05, 4.69) is 23.7 Å². The summed E-state index contributed by atoms with van der Waals surface area (Å²) in [5.41, 5.74) is 5.14. The topological polar surface area (TPSA) is 61.9 Å². The second-order valence-corrected chi connectivity index (χ2v) is 9.00. The lowest BCUT2D eigenvalue weighted by Crippen LogP contribution is -2.51. The Morgan fingerprint density at radius 2 is 1.69 bits per heavy atom. The van der Waals surface area contributed by atoms with Crippen LogP contribution in [0.1, 0.15) is 42.6 Å². The number of piperazine rings is 1. The molecule has 1 amide bonds. The molecule has 0 aromatic heterocycles. The van der Waals surface area contributed by atoms with Gasteiger partial charge in [-0.15, -0.1) is 0 Å². The molecule has 1 aliphatic heterocycles. The van der Waals surface area contributed by atoms with Gasteiger partial charge in [-0.3, -0.25) is 9.69 Å². The number of rotatable bonds is 7. The van der Waals surface area contributed by atoms with Gasteiger partial charge in [0.1, 0.15) is 5.70 Å². The van der Waals surface area contributed by atoms with Gasteiger partial charge in [0.2, 0.25) is 0 Å². The van der Waals surface area contributed by atoms with Crippen LogP contribution < -0.4 is 5.73 Å². The summed E-state index contributed by atoms with van der Waals surface area (Å²) in [4.78, 5) is 21.5. The van der Waals surface area contributed by atoms with Gasteiger partial charge >= 0.3 is 6.18 Å². The molecule has 0 bridgehead atoms. The number of hydrogen-bond acceptors (Lipinski definition) is 4. The third-order valence-electron chi connectivity index (χ3n) is 6.07. The van der Waals surface area contributed by atoms with E-state index in [1.165, 1.54) is 0 Å². The van der Waals surface area contributed by atoms with Gasteiger partial charge in [-0.2, -0.15) is 13.2 Å². The molecular formula is C26H30ClF3N4O. The van der Waals surface area contributed by atoms with E-state index in [4.69, 9.17) is 17.3 Å². The Kier molecular flexibility index (Phi) is 8.97. The monoisotopic (exact) mass is 506 g/mol. The molecule has 0 spiro atoms. The van der Waals surface area contributed by atoms with Crippen LogP contribution >= 0.6 is 11.6 Å². The highest BCUT2D eigenvalue weighted by Gasteiger charge is 2.32. The molecule has 1 heterocycles. The number of hydrogen-bond donors (Lipinski definition) is 1. The number of amides is 1. The van der Waals surface area contributed by atoms with Crippen molar-refractivity contribution in [3.8, 4) is 0 Å². The Balaban J connectivity index is 1.81. The number of allylic oxidation sites excluding steroid dienone is 2. The third-order valence-corrected chi connectivity index (χ3v) is 6.39. The molecule has 35 heavy (non-hydrogen) atoms. The number of nitrogens with two attached hydrogens (primary N) is 1. The van der Waals surface area contributed by atoms with Gasteiger partial charge in [-0.05, 0) is 43.7 Å². The standard InChI is InChI=1S/C26H30ClF3N4O/c1-3-6-18(2)33-13-15-34(16-14-33)25(35)20-11-9-19(10-12-20)23(17-24(31)26(28,29)30)32-22-8-5-4-7-21(22)27/h4-5,7-12,17-18H,3,6,13-16,31H2,1-2H3/b24-17-,32-23?. The van der Waals surface area contributed by atoms with Crippen molar-refractivity contribution in [1.29, 1.82) is 0 Å². The molecule has 0 aliphatic carbocycles. The minimum Gasteiger partial charge on any atom is -0.395 e. The lowest BCUT2D eigenvalue weighted by molar-refractivity contribution is -0.0925. The molecule has 1 aliphatic rings. The van der Waals surface area contributed by atoms with Crippen molar-refractivity contribution in [3.63, 3.8) is 0 Å². The van der Waals surface area contributed by atoms with Crippen LogP contribution in [0.5, 0.6) is 0 Å². The molecule has 1 atom stereocenters. The summed E-state index contributed by atoms with van der Waals surface area (Å²) < 4.78 is 39.3. The van der Waals surface area contributed by atoms with E-state index in [1.807, 2.05) is 4.90 Å². The molecule has 9 heteroatoms. The number of benzene rings is 2. The number of aliphatic imine (C=N–C) groups is 1. The average molecular weight is 507 g/mol. The van der Waals surface area contributed by atoms with E-state index >= 15 is 0 Å². The normalized spacial score (nSPS) is 16.9. The zero-order valence-electron chi connectivity index (χ0n) is 19.9. The predicted molar refractivity (Wildman–Crippen MR) is 134 cm³/mol. The minimum atomic E-state index is -4.70. The SMILES string of the molecule is CCCC(C)N1CCN(C(=O)c2ccc(C(/C=C(\N)C(F)(F)F)=Nc3ccccc3Cl)cc2)CC1.